The third-order valence-electron chi connectivity index (χ3n) is 3.11. The van der Waals surface area contributed by atoms with Crippen molar-refractivity contribution in [1.29, 1.82) is 0 Å². The molecule has 2 aromatic rings. The van der Waals surface area contributed by atoms with E-state index < -0.39 is 0 Å². The Bertz CT molecular complexity index is 560. The first-order chi connectivity index (χ1) is 9.22. The Morgan fingerprint density at radius 1 is 1.42 bits per heavy atom. The third-order valence-corrected chi connectivity index (χ3v) is 4.62. The standard InChI is InChI=1S/C13H15ClN4S/c1-8-13(14)19-12(18-8)4-5-15-11-6-10(9-2-3-9)16-7-17-11/h6-7,9H,2-5H2,1H3,(H,15,16,17). The van der Waals surface area contributed by atoms with Gasteiger partial charge in [-0.1, -0.05) is 11.6 Å². The zero-order chi connectivity index (χ0) is 13.2. The van der Waals surface area contributed by atoms with Crippen molar-refractivity contribution < 1.29 is 0 Å². The molecule has 19 heavy (non-hydrogen) atoms. The van der Waals surface area contributed by atoms with Gasteiger partial charge in [0.1, 0.15) is 16.5 Å². The van der Waals surface area contributed by atoms with Crippen LogP contribution in [0.2, 0.25) is 4.34 Å². The lowest BCUT2D eigenvalue weighted by atomic mass is 10.3. The lowest BCUT2D eigenvalue weighted by molar-refractivity contribution is 0.951. The van der Waals surface area contributed by atoms with Crippen LogP contribution >= 0.6 is 22.9 Å². The smallest absolute Gasteiger partial charge is 0.129 e. The summed E-state index contributed by atoms with van der Waals surface area (Å²) in [4.78, 5) is 13.0. The fourth-order valence-electron chi connectivity index (χ4n) is 1.91. The van der Waals surface area contributed by atoms with E-state index in [1.165, 1.54) is 12.8 Å². The highest BCUT2D eigenvalue weighted by Gasteiger charge is 2.25. The molecule has 0 saturated heterocycles. The summed E-state index contributed by atoms with van der Waals surface area (Å²) < 4.78 is 0.785. The number of nitrogens with zero attached hydrogens (tertiary/aromatic N) is 3. The molecule has 1 aliphatic rings. The fourth-order valence-corrected chi connectivity index (χ4v) is 3.00. The second kappa shape index (κ2) is 5.43. The molecule has 0 unspecified atom stereocenters. The van der Waals surface area contributed by atoms with Crippen LogP contribution < -0.4 is 5.32 Å². The minimum atomic E-state index is 0.656. The molecule has 0 spiro atoms. The molecule has 0 radical (unpaired) electrons. The maximum atomic E-state index is 6.00. The molecule has 4 nitrogen and oxygen atoms in total. The summed E-state index contributed by atoms with van der Waals surface area (Å²) in [6.45, 7) is 2.74. The van der Waals surface area contributed by atoms with Crippen molar-refractivity contribution in [3.8, 4) is 0 Å². The third kappa shape index (κ3) is 3.22. The van der Waals surface area contributed by atoms with Crippen molar-refractivity contribution in [2.24, 2.45) is 0 Å². The van der Waals surface area contributed by atoms with Gasteiger partial charge in [0.2, 0.25) is 0 Å². The first kappa shape index (κ1) is 12.8. The zero-order valence-electron chi connectivity index (χ0n) is 10.7. The largest absolute Gasteiger partial charge is 0.370 e. The molecule has 1 saturated carbocycles. The van der Waals surface area contributed by atoms with E-state index in [-0.39, 0.29) is 0 Å². The summed E-state index contributed by atoms with van der Waals surface area (Å²) in [6, 6.07) is 2.05. The summed E-state index contributed by atoms with van der Waals surface area (Å²) in [7, 11) is 0. The van der Waals surface area contributed by atoms with Crippen LogP contribution in [0.15, 0.2) is 12.4 Å². The molecule has 0 aromatic carbocycles. The Hall–Kier alpha value is -1.20. The van der Waals surface area contributed by atoms with E-state index in [1.54, 1.807) is 17.7 Å². The monoisotopic (exact) mass is 294 g/mol. The maximum Gasteiger partial charge on any atom is 0.129 e. The molecule has 2 heterocycles. The quantitative estimate of drug-likeness (QED) is 0.918. The van der Waals surface area contributed by atoms with E-state index in [0.717, 1.165) is 39.5 Å². The molecule has 0 amide bonds. The van der Waals surface area contributed by atoms with E-state index >= 15 is 0 Å². The number of halogens is 1. The van der Waals surface area contributed by atoms with E-state index in [1.807, 2.05) is 6.92 Å². The van der Waals surface area contributed by atoms with Crippen LogP contribution in [0.1, 0.15) is 35.2 Å². The second-order valence-corrected chi connectivity index (χ2v) is 6.43. The second-order valence-electron chi connectivity index (χ2n) is 4.75. The van der Waals surface area contributed by atoms with Gasteiger partial charge < -0.3 is 5.32 Å². The first-order valence-corrected chi connectivity index (χ1v) is 7.59. The number of rotatable bonds is 5. The molecule has 3 rings (SSSR count). The van der Waals surface area contributed by atoms with Crippen molar-refractivity contribution in [2.45, 2.75) is 32.1 Å². The van der Waals surface area contributed by atoms with Crippen molar-refractivity contribution in [3.63, 3.8) is 0 Å². The van der Waals surface area contributed by atoms with Crippen LogP contribution in [-0.2, 0) is 6.42 Å². The van der Waals surface area contributed by atoms with Crippen LogP contribution in [0.25, 0.3) is 0 Å². The van der Waals surface area contributed by atoms with Gasteiger partial charge in [0.05, 0.1) is 10.7 Å². The Balaban J connectivity index is 1.55. The Kier molecular flexibility index (Phi) is 3.66. The molecule has 100 valence electrons. The number of nitrogens with one attached hydrogen (secondary N) is 1. The molecule has 1 N–H and O–H groups in total. The average molecular weight is 295 g/mol. The highest BCUT2D eigenvalue weighted by Crippen LogP contribution is 2.39. The zero-order valence-corrected chi connectivity index (χ0v) is 12.3. The normalized spacial score (nSPS) is 14.6. The number of hydrogen-bond donors (Lipinski definition) is 1. The van der Waals surface area contributed by atoms with Crippen molar-refractivity contribution in [3.05, 3.63) is 33.1 Å². The maximum absolute atomic E-state index is 6.00. The SMILES string of the molecule is Cc1nc(CCNc2cc(C3CC3)ncn2)sc1Cl. The molecule has 1 fully saturated rings. The predicted molar refractivity (Wildman–Crippen MR) is 78.1 cm³/mol. The molecular weight excluding hydrogens is 280 g/mol. The molecule has 6 heteroatoms. The lowest BCUT2D eigenvalue weighted by Gasteiger charge is -2.05. The van der Waals surface area contributed by atoms with Crippen molar-refractivity contribution in [2.75, 3.05) is 11.9 Å². The molecule has 1 aliphatic carbocycles. The predicted octanol–water partition coefficient (Wildman–Crippen LogP) is 3.43. The van der Waals surface area contributed by atoms with Gasteiger partial charge in [-0.15, -0.1) is 11.3 Å². The Morgan fingerprint density at radius 2 is 2.26 bits per heavy atom. The van der Waals surface area contributed by atoms with Gasteiger partial charge in [-0.2, -0.15) is 0 Å². The van der Waals surface area contributed by atoms with Crippen LogP contribution in [-0.4, -0.2) is 21.5 Å². The fraction of sp³-hybridized carbons (Fsp3) is 0.462. The molecule has 2 aromatic heterocycles. The average Bonchev–Trinajstić information content (AvgIpc) is 3.18. The molecule has 0 atom stereocenters. The van der Waals surface area contributed by atoms with Crippen LogP contribution in [0, 0.1) is 6.92 Å². The highest BCUT2D eigenvalue weighted by atomic mass is 35.5. The minimum absolute atomic E-state index is 0.656. The van der Waals surface area contributed by atoms with Crippen molar-refractivity contribution in [1.82, 2.24) is 15.0 Å². The summed E-state index contributed by atoms with van der Waals surface area (Å²) in [5.74, 6) is 1.56. The Morgan fingerprint density at radius 3 is 2.95 bits per heavy atom. The van der Waals surface area contributed by atoms with Gasteiger partial charge in [0.25, 0.3) is 0 Å². The number of aryl methyl sites for hydroxylation is 1. The number of thiazole rings is 1. The molecular formula is C13H15ClN4S. The summed E-state index contributed by atoms with van der Waals surface area (Å²) in [5, 5.41) is 4.38. The van der Waals surface area contributed by atoms with Gasteiger partial charge in [0, 0.05) is 30.6 Å². The summed E-state index contributed by atoms with van der Waals surface area (Å²) in [5.41, 5.74) is 2.07. The van der Waals surface area contributed by atoms with Crippen molar-refractivity contribution >= 4 is 28.8 Å². The van der Waals surface area contributed by atoms with E-state index in [2.05, 4.69) is 26.3 Å². The number of aromatic nitrogens is 3. The van der Waals surface area contributed by atoms with E-state index in [9.17, 15) is 0 Å². The summed E-state index contributed by atoms with van der Waals surface area (Å²) >= 11 is 7.55. The lowest BCUT2D eigenvalue weighted by Crippen LogP contribution is -2.07. The minimum Gasteiger partial charge on any atom is -0.370 e. The van der Waals surface area contributed by atoms with Gasteiger partial charge in [-0.05, 0) is 19.8 Å². The topological polar surface area (TPSA) is 50.7 Å². The van der Waals surface area contributed by atoms with Gasteiger partial charge in [0.15, 0.2) is 0 Å². The van der Waals surface area contributed by atoms with Gasteiger partial charge >= 0.3 is 0 Å². The highest BCUT2D eigenvalue weighted by molar-refractivity contribution is 7.16. The molecule has 0 aliphatic heterocycles. The van der Waals surface area contributed by atoms with Gasteiger partial charge in [-0.3, -0.25) is 0 Å². The summed E-state index contributed by atoms with van der Waals surface area (Å²) in [6.07, 6.45) is 5.02. The van der Waals surface area contributed by atoms with Crippen LogP contribution in [0.4, 0.5) is 5.82 Å². The number of hydrogen-bond acceptors (Lipinski definition) is 5. The first-order valence-electron chi connectivity index (χ1n) is 6.40. The van der Waals surface area contributed by atoms with Gasteiger partial charge in [-0.25, -0.2) is 15.0 Å². The van der Waals surface area contributed by atoms with Crippen LogP contribution in [0.5, 0.6) is 0 Å². The van der Waals surface area contributed by atoms with Crippen LogP contribution in [0.3, 0.4) is 0 Å². The Labute approximate surface area is 121 Å². The van der Waals surface area contributed by atoms with E-state index in [0.29, 0.717) is 5.92 Å². The molecule has 0 bridgehead atoms. The van der Waals surface area contributed by atoms with E-state index in [4.69, 9.17) is 11.6 Å². The number of anilines is 1.